The molecule has 0 radical (unpaired) electrons. The summed E-state index contributed by atoms with van der Waals surface area (Å²) in [7, 11) is 1.62. The molecule has 0 aliphatic carbocycles. The van der Waals surface area contributed by atoms with Gasteiger partial charge in [-0.25, -0.2) is 54.1 Å². The zero-order chi connectivity index (χ0) is 103. The number of halogens is 8. The Morgan fingerprint density at radius 3 is 1.41 bits per heavy atom. The van der Waals surface area contributed by atoms with Gasteiger partial charge in [-0.3, -0.25) is 38.1 Å². The molecule has 0 spiro atoms. The van der Waals surface area contributed by atoms with Gasteiger partial charge in [0.15, 0.2) is 68.8 Å². The van der Waals surface area contributed by atoms with E-state index in [1.165, 1.54) is 40.8 Å². The number of hydrogen-bond donors (Lipinski definition) is 0. The third-order valence-corrected chi connectivity index (χ3v) is 25.7. The minimum absolute atomic E-state index is 0.0474. The van der Waals surface area contributed by atoms with Crippen LogP contribution in [0.25, 0.3) is 139 Å². The lowest BCUT2D eigenvalue weighted by Gasteiger charge is -2.25. The molecule has 0 bridgehead atoms. The van der Waals surface area contributed by atoms with E-state index in [2.05, 4.69) is 157 Å². The van der Waals surface area contributed by atoms with E-state index in [1.54, 1.807) is 96.3 Å². The maximum atomic E-state index is 16.1. The largest absolute Gasteiger partial charge is 0.491 e. The lowest BCUT2D eigenvalue weighted by atomic mass is 9.81. The minimum atomic E-state index is -2.14. The molecule has 16 aromatic heterocycles. The number of rotatable bonds is 20. The topological polar surface area (TPSA) is 269 Å². The van der Waals surface area contributed by atoms with Crippen molar-refractivity contribution in [2.24, 2.45) is 0 Å². The van der Waals surface area contributed by atoms with Crippen LogP contribution in [0, 0.1) is 47.6 Å². The molecule has 149 heavy (non-hydrogen) atoms. The van der Waals surface area contributed by atoms with E-state index >= 15 is 4.39 Å². The van der Waals surface area contributed by atoms with Crippen LogP contribution in [0.15, 0.2) is 358 Å². The number of aromatic nitrogens is 21. The standard InChI is InChI=1S/C24H17F3N4.C24H20N4.C23H14F4N4.C23H20FN5O4.C22H16N4/c1-24(2,17-5-6-21-14(8-17)4-3-7-28-21)23-30-29-22-20(27)11-16(13-31(22)23)15-9-18(25)12-19(26)10-15;1-24(2,19-10-11-20-18(15-19)9-6-14-25-20)22-16-26-23-13-12-21(27-28(22)23)17-7-4-3-5-8-17;1-23(27,16-4-5-20-13(7-16)3-2-6-28-20)22-30-29-21-19(26)10-15(12-31(21)22)14-8-17(24)11-18(25)9-14;1-14-9-21(33-28-14)15-10-18(24)23-27-26-22(29(23)12-15)13-32-20-5-6-25-19-11-16(3-4-17(19)20)31-8-7-30-2;1-2-5-17(6-3-1)21-10-11-22-24-15-19(26(22)25-21)14-16-8-9-20-18(13-16)7-4-12-23-20/h3-13H,1-2H3;3-16H,1-2H3;2-12H,1H3;3-6,9-12H,7-8,13H2,1-2H3;1-13,15H,14H2/t;;23-;;/m..0../s1. The number of alkyl halides is 1. The van der Waals surface area contributed by atoms with E-state index in [4.69, 9.17) is 28.9 Å². The fourth-order valence-electron chi connectivity index (χ4n) is 17.9. The summed E-state index contributed by atoms with van der Waals surface area (Å²) in [5.74, 6) is -2.47. The number of nitrogens with zero attached hydrogens (tertiary/aromatic N) is 21. The van der Waals surface area contributed by atoms with E-state index in [-0.39, 0.29) is 57.0 Å². The molecule has 1 atom stereocenters. The molecule has 33 heteroatoms. The first-order valence-electron chi connectivity index (χ1n) is 47.3. The number of hydrogen-bond acceptors (Lipinski definition) is 20. The molecule has 0 N–H and O–H groups in total. The van der Waals surface area contributed by atoms with Gasteiger partial charge in [0.25, 0.3) is 0 Å². The van der Waals surface area contributed by atoms with Gasteiger partial charge < -0.3 is 18.7 Å². The molecule has 0 aliphatic heterocycles. The average Bonchev–Trinajstić information content (AvgIpc) is 1.63. The zero-order valence-corrected chi connectivity index (χ0v) is 80.9. The van der Waals surface area contributed by atoms with Crippen molar-refractivity contribution in [1.29, 1.82) is 0 Å². The molecule has 25 rings (SSSR count). The number of imidazole rings is 2. The SMILES string of the molecule is CC(C)(c1ccc2ncccc2c1)c1cnc2ccc(-c3ccccc3)nn12.CC(C)(c1ccc2ncccc2c1)c1nnc2c(F)cc(-c3cc(F)cc(F)c3)cn12.COCCOc1ccc2c(OCc3nnc4c(F)cc(-c5cc(C)no5)cn34)ccnc2c1.C[C@](F)(c1ccc2ncccc2c1)c1nnc2c(F)cc(-c3cc(F)cc(F)c3)cn12.c1ccc(-c2ccc3ncc(Cc4ccc5ncccc5c4)n3n2)cc1. The number of aryl methyl sites for hydroxylation is 1. The first-order valence-corrected chi connectivity index (χ1v) is 47.3. The van der Waals surface area contributed by atoms with E-state index < -0.39 is 51.8 Å². The zero-order valence-electron chi connectivity index (χ0n) is 80.9. The van der Waals surface area contributed by atoms with Crippen LogP contribution in [0.5, 0.6) is 11.5 Å². The Bertz CT molecular complexity index is 9060. The van der Waals surface area contributed by atoms with Crippen LogP contribution in [0.2, 0.25) is 0 Å². The Morgan fingerprint density at radius 1 is 0.362 bits per heavy atom. The van der Waals surface area contributed by atoms with Gasteiger partial charge in [0, 0.05) is 148 Å². The van der Waals surface area contributed by atoms with Crippen LogP contribution < -0.4 is 9.47 Å². The first-order chi connectivity index (χ1) is 72.3. The maximum absolute atomic E-state index is 16.1. The van der Waals surface area contributed by atoms with Crippen LogP contribution in [0.3, 0.4) is 0 Å². The number of benzene rings is 9. The van der Waals surface area contributed by atoms with Crippen molar-refractivity contribution in [3.05, 3.63) is 451 Å². The molecule has 0 unspecified atom stereocenters. The number of fused-ring (bicyclic) bond motifs is 10. The number of pyridine rings is 8. The van der Waals surface area contributed by atoms with Crippen molar-refractivity contribution in [2.75, 3.05) is 20.3 Å². The summed E-state index contributed by atoms with van der Waals surface area (Å²) >= 11 is 0. The molecule has 25 aromatic rings. The highest BCUT2D eigenvalue weighted by Crippen LogP contribution is 2.41. The van der Waals surface area contributed by atoms with E-state index in [9.17, 15) is 30.7 Å². The second kappa shape index (κ2) is 40.9. The van der Waals surface area contributed by atoms with Crippen LogP contribution in [0.1, 0.15) is 91.4 Å². The second-order valence-electron chi connectivity index (χ2n) is 36.5. The highest BCUT2D eigenvalue weighted by atomic mass is 19.2. The predicted molar refractivity (Wildman–Crippen MR) is 552 cm³/mol. The van der Waals surface area contributed by atoms with Gasteiger partial charge in [0.05, 0.1) is 80.5 Å². The van der Waals surface area contributed by atoms with Gasteiger partial charge >= 0.3 is 0 Å². The summed E-state index contributed by atoms with van der Waals surface area (Å²) in [4.78, 5) is 30.9. The summed E-state index contributed by atoms with van der Waals surface area (Å²) in [5.41, 5.74) is 14.9. The normalized spacial score (nSPS) is 12.0. The van der Waals surface area contributed by atoms with Crippen molar-refractivity contribution in [2.45, 2.75) is 71.1 Å². The van der Waals surface area contributed by atoms with E-state index in [0.29, 0.717) is 64.5 Å². The van der Waals surface area contributed by atoms with E-state index in [1.807, 2.05) is 169 Å². The molecule has 0 amide bonds. The molecule has 0 fully saturated rings. The summed E-state index contributed by atoms with van der Waals surface area (Å²) in [6.07, 6.45) is 18.0. The molecule has 0 aliphatic rings. The summed E-state index contributed by atoms with van der Waals surface area (Å²) in [6, 6.07) is 86.3. The van der Waals surface area contributed by atoms with Crippen molar-refractivity contribution < 1.29 is 53.9 Å². The van der Waals surface area contributed by atoms with Gasteiger partial charge in [-0.15, -0.1) is 30.6 Å². The summed E-state index contributed by atoms with van der Waals surface area (Å²) in [6.45, 7) is 12.5. The maximum Gasteiger partial charge on any atom is 0.197 e. The first kappa shape index (κ1) is 96.5. The fraction of sp³-hybridized carbons (Fsp3) is 0.121. The Kier molecular flexibility index (Phi) is 26.5. The van der Waals surface area contributed by atoms with Crippen molar-refractivity contribution >= 4 is 82.8 Å². The monoisotopic (exact) mass is 1990 g/mol. The smallest absolute Gasteiger partial charge is 0.197 e. The molecule has 25 nitrogen and oxygen atoms in total. The Morgan fingerprint density at radius 2 is 0.846 bits per heavy atom. The molecule has 16 heterocycles. The van der Waals surface area contributed by atoms with Crippen LogP contribution in [0.4, 0.5) is 35.1 Å². The molecular weight excluding hydrogens is 1900 g/mol. The Balaban J connectivity index is 0.000000109. The van der Waals surface area contributed by atoms with Gasteiger partial charge in [0.2, 0.25) is 0 Å². The van der Waals surface area contributed by atoms with Gasteiger partial charge in [-0.1, -0.05) is 128 Å². The predicted octanol–water partition coefficient (Wildman–Crippen LogP) is 25.1. The van der Waals surface area contributed by atoms with Crippen molar-refractivity contribution in [3.63, 3.8) is 0 Å². The second-order valence-corrected chi connectivity index (χ2v) is 36.5. The van der Waals surface area contributed by atoms with Crippen LogP contribution in [-0.4, -0.2) is 123 Å². The minimum Gasteiger partial charge on any atom is -0.491 e. The highest BCUT2D eigenvalue weighted by molar-refractivity contribution is 5.87. The number of ether oxygens (including phenoxy) is 3. The van der Waals surface area contributed by atoms with E-state index in [0.717, 1.165) is 149 Å². The van der Waals surface area contributed by atoms with Gasteiger partial charge in [0.1, 0.15) is 53.8 Å². The molecule has 0 saturated carbocycles. The van der Waals surface area contributed by atoms with Crippen LogP contribution >= 0.6 is 0 Å². The van der Waals surface area contributed by atoms with Crippen LogP contribution in [-0.2, 0) is 34.3 Å². The third-order valence-electron chi connectivity index (χ3n) is 25.7. The molecular formula is C116H87F8N21O4. The van der Waals surface area contributed by atoms with Gasteiger partial charge in [-0.05, 0) is 219 Å². The lowest BCUT2D eigenvalue weighted by molar-refractivity contribution is 0.146. The number of methoxy groups -OCH3 is 1. The van der Waals surface area contributed by atoms with Gasteiger partial charge in [-0.2, -0.15) is 10.2 Å². The average molecular weight is 1990 g/mol. The summed E-state index contributed by atoms with van der Waals surface area (Å²) in [5, 5.41) is 42.4. The summed E-state index contributed by atoms with van der Waals surface area (Å²) < 4.78 is 145. The van der Waals surface area contributed by atoms with Crippen molar-refractivity contribution in [1.82, 2.24) is 103 Å². The third kappa shape index (κ3) is 20.2. The quantitative estimate of drug-likeness (QED) is 0.0506. The molecule has 0 saturated heterocycles. The fourth-order valence-corrected chi connectivity index (χ4v) is 17.9. The molecule has 736 valence electrons. The molecule has 9 aromatic carbocycles. The highest BCUT2D eigenvalue weighted by Gasteiger charge is 2.37. The Labute approximate surface area is 844 Å². The lowest BCUT2D eigenvalue weighted by Crippen LogP contribution is -2.22. The Hall–Kier alpha value is -18.7. The van der Waals surface area contributed by atoms with Crippen molar-refractivity contribution in [3.8, 4) is 67.6 Å².